The van der Waals surface area contributed by atoms with Crippen LogP contribution in [0.4, 0.5) is 20.2 Å². The van der Waals surface area contributed by atoms with Crippen LogP contribution in [-0.2, 0) is 4.79 Å². The lowest BCUT2D eigenvalue weighted by atomic mass is 10.1. The number of nitrogens with zero attached hydrogens (tertiary/aromatic N) is 2. The van der Waals surface area contributed by atoms with Crippen molar-refractivity contribution in [1.82, 2.24) is 0 Å². The lowest BCUT2D eigenvalue weighted by Crippen LogP contribution is -2.31. The molecule has 0 spiro atoms. The molecular weight excluding hydrogens is 310 g/mol. The molecule has 1 aliphatic heterocycles. The summed E-state index contributed by atoms with van der Waals surface area (Å²) in [6, 6.07) is 10.8. The molecule has 0 N–H and O–H groups in total. The maximum Gasteiger partial charge on any atom is 0.277 e. The highest BCUT2D eigenvalue weighted by Gasteiger charge is 2.33. The standard InChI is InChI=1S/C19H18F2N2O/c1-12(2)9-10-23-17-6-4-3-5-14(17)18(19(23)24)22-13-7-8-15(20)16(21)11-13/h3-8,11-12H,9-10H2,1-2H3. The van der Waals surface area contributed by atoms with Crippen molar-refractivity contribution in [2.45, 2.75) is 20.3 Å². The third kappa shape index (κ3) is 3.07. The van der Waals surface area contributed by atoms with Crippen LogP contribution in [0, 0.1) is 17.6 Å². The van der Waals surface area contributed by atoms with Gasteiger partial charge in [-0.05, 0) is 30.5 Å². The van der Waals surface area contributed by atoms with Crippen molar-refractivity contribution in [3.63, 3.8) is 0 Å². The van der Waals surface area contributed by atoms with E-state index in [9.17, 15) is 13.6 Å². The normalized spacial score (nSPS) is 15.5. The second-order valence-corrected chi connectivity index (χ2v) is 6.22. The monoisotopic (exact) mass is 328 g/mol. The van der Waals surface area contributed by atoms with Gasteiger partial charge < -0.3 is 4.90 Å². The molecule has 0 atom stereocenters. The Hall–Kier alpha value is -2.56. The van der Waals surface area contributed by atoms with Gasteiger partial charge in [-0.1, -0.05) is 32.0 Å². The molecule has 1 heterocycles. The number of carbonyl (C=O) groups excluding carboxylic acids is 1. The van der Waals surface area contributed by atoms with E-state index in [-0.39, 0.29) is 17.3 Å². The van der Waals surface area contributed by atoms with Gasteiger partial charge in [0.2, 0.25) is 0 Å². The average molecular weight is 328 g/mol. The van der Waals surface area contributed by atoms with E-state index in [1.165, 1.54) is 6.07 Å². The summed E-state index contributed by atoms with van der Waals surface area (Å²) in [4.78, 5) is 18.7. The number of para-hydroxylation sites is 1. The summed E-state index contributed by atoms with van der Waals surface area (Å²) < 4.78 is 26.5. The van der Waals surface area contributed by atoms with Crippen LogP contribution in [0.25, 0.3) is 0 Å². The van der Waals surface area contributed by atoms with E-state index in [4.69, 9.17) is 0 Å². The molecule has 0 saturated heterocycles. The predicted molar refractivity (Wildman–Crippen MR) is 90.8 cm³/mol. The minimum atomic E-state index is -0.979. The molecule has 0 aliphatic carbocycles. The second-order valence-electron chi connectivity index (χ2n) is 6.22. The molecule has 0 radical (unpaired) electrons. The van der Waals surface area contributed by atoms with E-state index >= 15 is 0 Å². The third-order valence-corrected chi connectivity index (χ3v) is 3.97. The van der Waals surface area contributed by atoms with Gasteiger partial charge in [0.25, 0.3) is 5.91 Å². The van der Waals surface area contributed by atoms with Gasteiger partial charge >= 0.3 is 0 Å². The molecule has 0 aromatic heterocycles. The van der Waals surface area contributed by atoms with Crippen molar-refractivity contribution in [1.29, 1.82) is 0 Å². The molecule has 1 amide bonds. The predicted octanol–water partition coefficient (Wildman–Crippen LogP) is 4.48. The first-order chi connectivity index (χ1) is 11.5. The van der Waals surface area contributed by atoms with Crippen LogP contribution in [0.2, 0.25) is 0 Å². The third-order valence-electron chi connectivity index (χ3n) is 3.97. The number of hydrogen-bond acceptors (Lipinski definition) is 2. The number of halogens is 2. The topological polar surface area (TPSA) is 32.7 Å². The quantitative estimate of drug-likeness (QED) is 0.814. The van der Waals surface area contributed by atoms with Crippen LogP contribution in [-0.4, -0.2) is 18.2 Å². The van der Waals surface area contributed by atoms with Gasteiger partial charge in [0.15, 0.2) is 11.6 Å². The number of amides is 1. The highest BCUT2D eigenvalue weighted by Crippen LogP contribution is 2.31. The van der Waals surface area contributed by atoms with E-state index in [2.05, 4.69) is 18.8 Å². The Morgan fingerprint density at radius 2 is 1.83 bits per heavy atom. The summed E-state index contributed by atoms with van der Waals surface area (Å²) in [6.07, 6.45) is 0.874. The van der Waals surface area contributed by atoms with Gasteiger partial charge in [-0.2, -0.15) is 0 Å². The lowest BCUT2D eigenvalue weighted by Gasteiger charge is -2.17. The highest BCUT2D eigenvalue weighted by atomic mass is 19.2. The maximum absolute atomic E-state index is 13.4. The molecule has 24 heavy (non-hydrogen) atoms. The van der Waals surface area contributed by atoms with E-state index in [0.717, 1.165) is 29.8 Å². The van der Waals surface area contributed by atoms with Crippen LogP contribution >= 0.6 is 0 Å². The number of hydrogen-bond donors (Lipinski definition) is 0. The maximum atomic E-state index is 13.4. The summed E-state index contributed by atoms with van der Waals surface area (Å²) in [5.41, 5.74) is 2.01. The van der Waals surface area contributed by atoms with E-state index in [0.29, 0.717) is 12.5 Å². The van der Waals surface area contributed by atoms with Gasteiger partial charge in [-0.15, -0.1) is 0 Å². The van der Waals surface area contributed by atoms with Gasteiger partial charge in [0.05, 0.1) is 11.4 Å². The van der Waals surface area contributed by atoms with Crippen LogP contribution in [0.15, 0.2) is 47.5 Å². The molecule has 3 rings (SSSR count). The number of benzene rings is 2. The van der Waals surface area contributed by atoms with Crippen LogP contribution in [0.3, 0.4) is 0 Å². The van der Waals surface area contributed by atoms with Crippen LogP contribution < -0.4 is 4.90 Å². The smallest absolute Gasteiger partial charge is 0.277 e. The largest absolute Gasteiger partial charge is 0.306 e. The Balaban J connectivity index is 2.00. The average Bonchev–Trinajstić information content (AvgIpc) is 2.81. The zero-order chi connectivity index (χ0) is 17.3. The van der Waals surface area contributed by atoms with E-state index < -0.39 is 11.6 Å². The first-order valence-corrected chi connectivity index (χ1v) is 7.92. The molecule has 0 saturated carbocycles. The van der Waals surface area contributed by atoms with Gasteiger partial charge in [0, 0.05) is 18.2 Å². The van der Waals surface area contributed by atoms with Crippen molar-refractivity contribution in [2.75, 3.05) is 11.4 Å². The Morgan fingerprint density at radius 1 is 1.08 bits per heavy atom. The molecule has 0 unspecified atom stereocenters. The molecule has 2 aromatic rings. The lowest BCUT2D eigenvalue weighted by molar-refractivity contribution is -0.112. The Labute approximate surface area is 139 Å². The Kier molecular flexibility index (Phi) is 4.42. The number of fused-ring (bicyclic) bond motifs is 1. The van der Waals surface area contributed by atoms with Crippen LogP contribution in [0.1, 0.15) is 25.8 Å². The van der Waals surface area contributed by atoms with Crippen molar-refractivity contribution in [3.8, 4) is 0 Å². The number of carbonyl (C=O) groups is 1. The van der Waals surface area contributed by atoms with E-state index in [1.807, 2.05) is 24.3 Å². The molecule has 0 bridgehead atoms. The minimum absolute atomic E-state index is 0.207. The molecule has 2 aromatic carbocycles. The fraction of sp³-hybridized carbons (Fsp3) is 0.263. The number of aliphatic imine (C=N–C) groups is 1. The molecule has 1 aliphatic rings. The van der Waals surface area contributed by atoms with E-state index in [1.54, 1.807) is 4.90 Å². The fourth-order valence-electron chi connectivity index (χ4n) is 2.66. The first kappa shape index (κ1) is 16.3. The van der Waals surface area contributed by atoms with Crippen LogP contribution in [0.5, 0.6) is 0 Å². The number of rotatable bonds is 4. The zero-order valence-corrected chi connectivity index (χ0v) is 13.6. The number of anilines is 1. The Bertz CT molecular complexity index is 815. The summed E-state index contributed by atoms with van der Waals surface area (Å²) in [5.74, 6) is -1.65. The van der Waals surface area contributed by atoms with Crippen molar-refractivity contribution in [3.05, 3.63) is 59.7 Å². The first-order valence-electron chi connectivity index (χ1n) is 7.92. The van der Waals surface area contributed by atoms with Gasteiger partial charge in [0.1, 0.15) is 5.71 Å². The van der Waals surface area contributed by atoms with Crippen molar-refractivity contribution < 1.29 is 13.6 Å². The fourth-order valence-corrected chi connectivity index (χ4v) is 2.66. The van der Waals surface area contributed by atoms with Crippen molar-refractivity contribution >= 4 is 23.0 Å². The summed E-state index contributed by atoms with van der Waals surface area (Å²) in [6.45, 7) is 4.80. The Morgan fingerprint density at radius 3 is 2.54 bits per heavy atom. The molecule has 5 heteroatoms. The molecule has 3 nitrogen and oxygen atoms in total. The van der Waals surface area contributed by atoms with Gasteiger partial charge in [-0.3, -0.25) is 4.79 Å². The summed E-state index contributed by atoms with van der Waals surface area (Å²) in [7, 11) is 0. The summed E-state index contributed by atoms with van der Waals surface area (Å²) in [5, 5.41) is 0. The SMILES string of the molecule is CC(C)CCN1C(=O)C(=Nc2ccc(F)c(F)c2)c2ccccc21. The highest BCUT2D eigenvalue weighted by molar-refractivity contribution is 6.54. The molecule has 0 fully saturated rings. The van der Waals surface area contributed by atoms with Gasteiger partial charge in [-0.25, -0.2) is 13.8 Å². The minimum Gasteiger partial charge on any atom is -0.306 e. The summed E-state index contributed by atoms with van der Waals surface area (Å²) >= 11 is 0. The van der Waals surface area contributed by atoms with Crippen molar-refractivity contribution in [2.24, 2.45) is 10.9 Å². The molecule has 124 valence electrons. The zero-order valence-electron chi connectivity index (χ0n) is 13.6. The molecular formula is C19H18F2N2O. The second kappa shape index (κ2) is 6.51.